The molecule has 1 saturated heterocycles. The fraction of sp³-hybridized carbons (Fsp3) is 0.667. The summed E-state index contributed by atoms with van der Waals surface area (Å²) in [6.45, 7) is 8.67. The Labute approximate surface area is 157 Å². The SMILES string of the molecule is CCOc1ccccc1N1CC[NH+]([C@@H](C)C(=O)NC2CCCCC2)CC1. The molecule has 1 aliphatic heterocycles. The number of hydrogen-bond acceptors (Lipinski definition) is 3. The van der Waals surface area contributed by atoms with Crippen LogP contribution in [0.4, 0.5) is 5.69 Å². The summed E-state index contributed by atoms with van der Waals surface area (Å²) in [5.41, 5.74) is 1.17. The molecule has 1 aromatic rings. The van der Waals surface area contributed by atoms with Crippen molar-refractivity contribution in [3.05, 3.63) is 24.3 Å². The van der Waals surface area contributed by atoms with E-state index < -0.39 is 0 Å². The van der Waals surface area contributed by atoms with Crippen LogP contribution in [0.25, 0.3) is 0 Å². The van der Waals surface area contributed by atoms with E-state index >= 15 is 0 Å². The van der Waals surface area contributed by atoms with Gasteiger partial charge in [0.2, 0.25) is 0 Å². The molecule has 0 aromatic heterocycles. The zero-order valence-corrected chi connectivity index (χ0v) is 16.3. The molecule has 2 aliphatic rings. The van der Waals surface area contributed by atoms with E-state index in [1.807, 2.05) is 19.1 Å². The second-order valence-corrected chi connectivity index (χ2v) is 7.61. The van der Waals surface area contributed by atoms with E-state index in [2.05, 4.69) is 29.3 Å². The molecular weight excluding hydrogens is 326 g/mol. The van der Waals surface area contributed by atoms with Gasteiger partial charge in [0, 0.05) is 6.04 Å². The van der Waals surface area contributed by atoms with Crippen molar-refractivity contribution >= 4 is 11.6 Å². The van der Waals surface area contributed by atoms with Crippen molar-refractivity contribution in [3.8, 4) is 5.75 Å². The lowest BCUT2D eigenvalue weighted by molar-refractivity contribution is -0.914. The Balaban J connectivity index is 1.52. The van der Waals surface area contributed by atoms with Crippen LogP contribution in [0.5, 0.6) is 5.75 Å². The van der Waals surface area contributed by atoms with E-state index in [4.69, 9.17) is 4.74 Å². The number of piperazine rings is 1. The third kappa shape index (κ3) is 4.70. The number of ether oxygens (including phenoxy) is 1. The van der Waals surface area contributed by atoms with Crippen molar-refractivity contribution in [1.29, 1.82) is 0 Å². The van der Waals surface area contributed by atoms with Gasteiger partial charge in [0.1, 0.15) is 5.75 Å². The van der Waals surface area contributed by atoms with Gasteiger partial charge in [-0.05, 0) is 38.8 Å². The number of rotatable bonds is 6. The number of carbonyl (C=O) groups is 1. The van der Waals surface area contributed by atoms with Gasteiger partial charge in [-0.3, -0.25) is 4.79 Å². The minimum Gasteiger partial charge on any atom is -0.492 e. The van der Waals surface area contributed by atoms with Crippen LogP contribution >= 0.6 is 0 Å². The molecule has 26 heavy (non-hydrogen) atoms. The van der Waals surface area contributed by atoms with Gasteiger partial charge in [0.15, 0.2) is 6.04 Å². The summed E-state index contributed by atoms with van der Waals surface area (Å²) in [4.78, 5) is 16.4. The third-order valence-electron chi connectivity index (χ3n) is 5.87. The Bertz CT molecular complexity index is 578. The summed E-state index contributed by atoms with van der Waals surface area (Å²) in [6.07, 6.45) is 6.12. The van der Waals surface area contributed by atoms with Gasteiger partial charge in [-0.25, -0.2) is 0 Å². The fourth-order valence-electron chi connectivity index (χ4n) is 4.22. The number of nitrogens with one attached hydrogen (secondary N) is 2. The van der Waals surface area contributed by atoms with Crippen molar-refractivity contribution in [2.75, 3.05) is 37.7 Å². The first-order valence-corrected chi connectivity index (χ1v) is 10.3. The smallest absolute Gasteiger partial charge is 0.278 e. The summed E-state index contributed by atoms with van der Waals surface area (Å²) in [5, 5.41) is 3.29. The average molecular weight is 361 g/mol. The van der Waals surface area contributed by atoms with Crippen LogP contribution < -0.4 is 19.9 Å². The molecule has 1 amide bonds. The number of para-hydroxylation sites is 2. The van der Waals surface area contributed by atoms with Crippen LogP contribution in [0.3, 0.4) is 0 Å². The Morgan fingerprint density at radius 1 is 1.23 bits per heavy atom. The maximum absolute atomic E-state index is 12.6. The van der Waals surface area contributed by atoms with Gasteiger partial charge in [-0.1, -0.05) is 31.4 Å². The monoisotopic (exact) mass is 360 g/mol. The first-order valence-electron chi connectivity index (χ1n) is 10.3. The van der Waals surface area contributed by atoms with Crippen LogP contribution in [0.15, 0.2) is 24.3 Å². The molecule has 0 bridgehead atoms. The number of carbonyl (C=O) groups excluding carboxylic acids is 1. The van der Waals surface area contributed by atoms with Crippen LogP contribution in [0, 0.1) is 0 Å². The predicted octanol–water partition coefficient (Wildman–Crippen LogP) is 1.63. The Morgan fingerprint density at radius 2 is 1.92 bits per heavy atom. The summed E-state index contributed by atoms with van der Waals surface area (Å²) in [6, 6.07) is 8.69. The molecule has 2 fully saturated rings. The summed E-state index contributed by atoms with van der Waals surface area (Å²) < 4.78 is 5.77. The lowest BCUT2D eigenvalue weighted by Gasteiger charge is -2.37. The zero-order valence-electron chi connectivity index (χ0n) is 16.3. The topological polar surface area (TPSA) is 46.0 Å². The molecule has 5 nitrogen and oxygen atoms in total. The fourth-order valence-corrected chi connectivity index (χ4v) is 4.22. The summed E-state index contributed by atoms with van der Waals surface area (Å²) in [5.74, 6) is 1.19. The maximum atomic E-state index is 12.6. The highest BCUT2D eigenvalue weighted by Gasteiger charge is 2.31. The van der Waals surface area contributed by atoms with Crippen LogP contribution in [0.2, 0.25) is 0 Å². The van der Waals surface area contributed by atoms with Crippen molar-refractivity contribution in [2.24, 2.45) is 0 Å². The molecule has 2 N–H and O–H groups in total. The van der Waals surface area contributed by atoms with Gasteiger partial charge < -0.3 is 19.9 Å². The highest BCUT2D eigenvalue weighted by atomic mass is 16.5. The molecule has 1 heterocycles. The predicted molar refractivity (Wildman–Crippen MR) is 105 cm³/mol. The number of amides is 1. The summed E-state index contributed by atoms with van der Waals surface area (Å²) in [7, 11) is 0. The molecule has 144 valence electrons. The third-order valence-corrected chi connectivity index (χ3v) is 5.87. The van der Waals surface area contributed by atoms with Gasteiger partial charge in [0.05, 0.1) is 38.5 Å². The Morgan fingerprint density at radius 3 is 2.62 bits per heavy atom. The number of nitrogens with zero attached hydrogens (tertiary/aromatic N) is 1. The molecule has 5 heteroatoms. The molecule has 1 saturated carbocycles. The molecule has 1 atom stereocenters. The van der Waals surface area contributed by atoms with Crippen molar-refractivity contribution < 1.29 is 14.4 Å². The van der Waals surface area contributed by atoms with Crippen molar-refractivity contribution in [3.63, 3.8) is 0 Å². The highest BCUT2D eigenvalue weighted by Crippen LogP contribution is 2.27. The molecule has 0 spiro atoms. The quantitative estimate of drug-likeness (QED) is 0.811. The normalized spacial score (nSPS) is 20.6. The minimum atomic E-state index is 0.0289. The number of quaternary nitrogens is 1. The van der Waals surface area contributed by atoms with E-state index in [1.54, 1.807) is 0 Å². The van der Waals surface area contributed by atoms with E-state index in [1.165, 1.54) is 29.8 Å². The van der Waals surface area contributed by atoms with Crippen LogP contribution in [-0.2, 0) is 4.79 Å². The van der Waals surface area contributed by atoms with Gasteiger partial charge in [-0.2, -0.15) is 0 Å². The van der Waals surface area contributed by atoms with Crippen molar-refractivity contribution in [2.45, 2.75) is 58.0 Å². The van der Waals surface area contributed by atoms with Gasteiger partial charge in [-0.15, -0.1) is 0 Å². The Hall–Kier alpha value is -1.75. The molecule has 1 aromatic carbocycles. The zero-order chi connectivity index (χ0) is 18.4. The number of benzene rings is 1. The van der Waals surface area contributed by atoms with Crippen LogP contribution in [-0.4, -0.2) is 50.8 Å². The largest absolute Gasteiger partial charge is 0.492 e. The number of anilines is 1. The first-order chi connectivity index (χ1) is 12.7. The van der Waals surface area contributed by atoms with Crippen molar-refractivity contribution in [1.82, 2.24) is 5.32 Å². The van der Waals surface area contributed by atoms with E-state index in [0.29, 0.717) is 12.6 Å². The molecule has 1 aliphatic carbocycles. The Kier molecular flexibility index (Phi) is 6.78. The summed E-state index contributed by atoms with van der Waals surface area (Å²) >= 11 is 0. The average Bonchev–Trinajstić information content (AvgIpc) is 2.69. The maximum Gasteiger partial charge on any atom is 0.278 e. The highest BCUT2D eigenvalue weighted by molar-refractivity contribution is 5.80. The molecule has 0 unspecified atom stereocenters. The number of hydrogen-bond donors (Lipinski definition) is 2. The van der Waals surface area contributed by atoms with Gasteiger partial charge >= 0.3 is 0 Å². The molecular formula is C21H34N3O2+. The second-order valence-electron chi connectivity index (χ2n) is 7.61. The minimum absolute atomic E-state index is 0.0289. The van der Waals surface area contributed by atoms with Gasteiger partial charge in [0.25, 0.3) is 5.91 Å². The first kappa shape index (κ1) is 19.0. The lowest BCUT2D eigenvalue weighted by Crippen LogP contribution is -3.19. The second kappa shape index (κ2) is 9.26. The van der Waals surface area contributed by atoms with E-state index in [-0.39, 0.29) is 11.9 Å². The molecule has 0 radical (unpaired) electrons. The molecule has 3 rings (SSSR count). The van der Waals surface area contributed by atoms with E-state index in [9.17, 15) is 4.79 Å². The standard InChI is InChI=1S/C21H33N3O2/c1-3-26-20-12-8-7-11-19(20)24-15-13-23(14-16-24)17(2)21(25)22-18-9-5-4-6-10-18/h7-8,11-12,17-18H,3-6,9-10,13-16H2,1-2H3,(H,22,25)/p+1/t17-/m0/s1. The lowest BCUT2D eigenvalue weighted by atomic mass is 9.95. The van der Waals surface area contributed by atoms with Crippen LogP contribution in [0.1, 0.15) is 46.0 Å². The van der Waals surface area contributed by atoms with E-state index in [0.717, 1.165) is 44.8 Å².